The molecule has 0 heterocycles. The predicted octanol–water partition coefficient (Wildman–Crippen LogP) is 4.33. The Kier molecular flexibility index (Phi) is 59.0. The Morgan fingerprint density at radius 2 is 1.60 bits per heavy atom. The van der Waals surface area contributed by atoms with E-state index in [0.29, 0.717) is 0 Å². The predicted molar refractivity (Wildman–Crippen MR) is 55.6 cm³/mol. The number of rotatable bonds is 3. The molecule has 0 spiro atoms. The van der Waals surface area contributed by atoms with Crippen LogP contribution in [0, 0.1) is 0 Å². The van der Waals surface area contributed by atoms with E-state index in [-0.39, 0.29) is 0 Å². The molecule has 0 atom stereocenters. The van der Waals surface area contributed by atoms with Crippen LogP contribution in [0.5, 0.6) is 0 Å². The topological polar surface area (TPSA) is 0 Å². The molecule has 0 N–H and O–H groups in total. The van der Waals surface area contributed by atoms with Gasteiger partial charge < -0.3 is 0 Å². The zero-order valence-electron chi connectivity index (χ0n) is 8.11. The molecule has 0 aromatic heterocycles. The first-order chi connectivity index (χ1) is 4.91. The van der Waals surface area contributed by atoms with Crippen LogP contribution in [-0.4, -0.2) is 5.75 Å². The lowest BCUT2D eigenvalue weighted by atomic mass is 10.6. The summed E-state index contributed by atoms with van der Waals surface area (Å²) in [6.07, 6.45) is 1.25. The van der Waals surface area contributed by atoms with Gasteiger partial charge >= 0.3 is 0 Å². The summed E-state index contributed by atoms with van der Waals surface area (Å²) in [5.74, 6) is 1.21. The Hall–Kier alpha value is 0.0900. The zero-order valence-corrected chi connectivity index (χ0v) is 8.92. The van der Waals surface area contributed by atoms with Crippen molar-refractivity contribution in [2.24, 2.45) is 0 Å². The van der Waals surface area contributed by atoms with Crippen molar-refractivity contribution >= 4 is 11.8 Å². The van der Waals surface area contributed by atoms with Gasteiger partial charge in [0, 0.05) is 0 Å². The van der Waals surface area contributed by atoms with E-state index in [4.69, 9.17) is 0 Å². The van der Waals surface area contributed by atoms with Gasteiger partial charge in [0.1, 0.15) is 0 Å². The SMILES string of the molecule is C=CSCCC.CC.CC. The zero-order chi connectivity index (χ0) is 8.83. The van der Waals surface area contributed by atoms with Gasteiger partial charge in [-0.1, -0.05) is 41.2 Å². The summed E-state index contributed by atoms with van der Waals surface area (Å²) in [6.45, 7) is 13.7. The second kappa shape index (κ2) is 35.6. The fourth-order valence-electron chi connectivity index (χ4n) is 0.201. The van der Waals surface area contributed by atoms with E-state index in [1.54, 1.807) is 11.8 Å². The molecule has 10 heavy (non-hydrogen) atoms. The lowest BCUT2D eigenvalue weighted by Crippen LogP contribution is -1.64. The van der Waals surface area contributed by atoms with Gasteiger partial charge in [0.05, 0.1) is 0 Å². The van der Waals surface area contributed by atoms with Crippen LogP contribution in [-0.2, 0) is 0 Å². The Morgan fingerprint density at radius 1 is 1.20 bits per heavy atom. The van der Waals surface area contributed by atoms with Gasteiger partial charge in [-0.3, -0.25) is 0 Å². The molecule has 0 aromatic rings. The molecule has 0 saturated heterocycles. The van der Waals surface area contributed by atoms with Crippen LogP contribution in [0.4, 0.5) is 0 Å². The van der Waals surface area contributed by atoms with Crippen molar-refractivity contribution in [3.8, 4) is 0 Å². The van der Waals surface area contributed by atoms with E-state index < -0.39 is 0 Å². The second-order valence-electron chi connectivity index (χ2n) is 1.04. The van der Waals surface area contributed by atoms with Crippen LogP contribution in [0.1, 0.15) is 41.0 Å². The highest BCUT2D eigenvalue weighted by Gasteiger charge is 1.71. The minimum absolute atomic E-state index is 1.21. The van der Waals surface area contributed by atoms with Gasteiger partial charge in [0.15, 0.2) is 0 Å². The van der Waals surface area contributed by atoms with E-state index in [1.165, 1.54) is 12.2 Å². The first kappa shape index (κ1) is 16.6. The van der Waals surface area contributed by atoms with Gasteiger partial charge in [-0.25, -0.2) is 0 Å². The van der Waals surface area contributed by atoms with Crippen molar-refractivity contribution < 1.29 is 0 Å². The Labute approximate surface area is 71.1 Å². The summed E-state index contributed by atoms with van der Waals surface area (Å²) in [5, 5.41) is 1.88. The summed E-state index contributed by atoms with van der Waals surface area (Å²) in [5.41, 5.74) is 0. The maximum atomic E-state index is 3.56. The lowest BCUT2D eigenvalue weighted by molar-refractivity contribution is 1.11. The summed E-state index contributed by atoms with van der Waals surface area (Å²) in [7, 11) is 0. The van der Waals surface area contributed by atoms with Gasteiger partial charge in [-0.05, 0) is 17.6 Å². The molecule has 0 amide bonds. The second-order valence-corrected chi connectivity index (χ2v) is 2.11. The van der Waals surface area contributed by atoms with Gasteiger partial charge in [-0.2, -0.15) is 0 Å². The molecule has 0 bridgehead atoms. The van der Waals surface area contributed by atoms with Crippen molar-refractivity contribution in [1.29, 1.82) is 0 Å². The molecule has 0 aliphatic heterocycles. The summed E-state index contributed by atoms with van der Waals surface area (Å²) < 4.78 is 0. The maximum absolute atomic E-state index is 3.56. The van der Waals surface area contributed by atoms with E-state index in [2.05, 4.69) is 13.5 Å². The fourth-order valence-corrected chi connectivity index (χ4v) is 0.604. The number of hydrogen-bond donors (Lipinski definition) is 0. The first-order valence-electron chi connectivity index (χ1n) is 4.14. The van der Waals surface area contributed by atoms with Gasteiger partial charge in [0.25, 0.3) is 0 Å². The molecule has 0 unspecified atom stereocenters. The molecule has 0 rings (SSSR count). The summed E-state index contributed by atoms with van der Waals surface area (Å²) in [4.78, 5) is 0. The smallest absolute Gasteiger partial charge is 0.00288 e. The first-order valence-corrected chi connectivity index (χ1v) is 5.19. The van der Waals surface area contributed by atoms with Crippen LogP contribution in [0.2, 0.25) is 0 Å². The third kappa shape index (κ3) is 42.6. The quantitative estimate of drug-likeness (QED) is 0.557. The largest absolute Gasteiger partial charge is 0.135 e. The third-order valence-corrected chi connectivity index (χ3v) is 1.32. The minimum Gasteiger partial charge on any atom is -0.135 e. The molecular formula is C9H22S. The van der Waals surface area contributed by atoms with E-state index in [0.717, 1.165) is 0 Å². The normalized spacial score (nSPS) is 6.10. The molecule has 0 aliphatic rings. The van der Waals surface area contributed by atoms with Crippen LogP contribution < -0.4 is 0 Å². The van der Waals surface area contributed by atoms with Crippen molar-refractivity contribution in [3.63, 3.8) is 0 Å². The lowest BCUT2D eigenvalue weighted by Gasteiger charge is -1.82. The van der Waals surface area contributed by atoms with Crippen molar-refractivity contribution in [3.05, 3.63) is 12.0 Å². The molecule has 0 aromatic carbocycles. The highest BCUT2D eigenvalue weighted by atomic mass is 32.2. The van der Waals surface area contributed by atoms with Crippen LogP contribution in [0.3, 0.4) is 0 Å². The van der Waals surface area contributed by atoms with E-state index >= 15 is 0 Å². The van der Waals surface area contributed by atoms with Crippen LogP contribution in [0.25, 0.3) is 0 Å². The maximum Gasteiger partial charge on any atom is -0.00288 e. The summed E-state index contributed by atoms with van der Waals surface area (Å²) in [6, 6.07) is 0. The van der Waals surface area contributed by atoms with Crippen LogP contribution >= 0.6 is 11.8 Å². The minimum atomic E-state index is 1.21. The molecule has 0 nitrogen and oxygen atoms in total. The Bertz CT molecular complexity index is 33.7. The van der Waals surface area contributed by atoms with Crippen molar-refractivity contribution in [1.82, 2.24) is 0 Å². The monoisotopic (exact) mass is 162 g/mol. The molecular weight excluding hydrogens is 140 g/mol. The van der Waals surface area contributed by atoms with Gasteiger partial charge in [-0.15, -0.1) is 11.8 Å². The highest BCUT2D eigenvalue weighted by Crippen LogP contribution is 1.99. The average Bonchev–Trinajstić information content (AvgIpc) is 2.08. The van der Waals surface area contributed by atoms with Crippen molar-refractivity contribution in [2.75, 3.05) is 5.75 Å². The molecule has 0 saturated carbocycles. The Morgan fingerprint density at radius 3 is 1.70 bits per heavy atom. The van der Waals surface area contributed by atoms with E-state index in [1.807, 2.05) is 33.1 Å². The fraction of sp³-hybridized carbons (Fsp3) is 0.778. The molecule has 0 aliphatic carbocycles. The van der Waals surface area contributed by atoms with E-state index in [9.17, 15) is 0 Å². The number of thioether (sulfide) groups is 1. The molecule has 0 fully saturated rings. The third-order valence-electron chi connectivity index (χ3n) is 0.440. The average molecular weight is 162 g/mol. The highest BCUT2D eigenvalue weighted by molar-refractivity contribution is 8.02. The van der Waals surface area contributed by atoms with Crippen LogP contribution in [0.15, 0.2) is 12.0 Å². The Balaban J connectivity index is -0.000000105. The van der Waals surface area contributed by atoms with Crippen molar-refractivity contribution in [2.45, 2.75) is 41.0 Å². The summed E-state index contributed by atoms with van der Waals surface area (Å²) >= 11 is 1.77. The van der Waals surface area contributed by atoms with Gasteiger partial charge in [0.2, 0.25) is 0 Å². The molecule has 0 radical (unpaired) electrons. The molecule has 1 heteroatoms. The molecule has 64 valence electrons. The standard InChI is InChI=1S/C5H10S.2C2H6/c1-3-5-6-4-2;2*1-2/h4H,2-3,5H2,1H3;2*1-2H3. The number of hydrogen-bond acceptors (Lipinski definition) is 1.